The Balaban J connectivity index is 1.87. The zero-order valence-corrected chi connectivity index (χ0v) is 13.1. The van der Waals surface area contributed by atoms with Gasteiger partial charge >= 0.3 is 0 Å². The van der Waals surface area contributed by atoms with Crippen molar-refractivity contribution in [3.8, 4) is 17.2 Å². The number of carbonyl (C=O) groups is 1. The van der Waals surface area contributed by atoms with Crippen molar-refractivity contribution < 1.29 is 32.3 Å². The fourth-order valence-corrected chi connectivity index (χ4v) is 2.41. The molecule has 10 heteroatoms. The molecule has 134 valence electrons. The van der Waals surface area contributed by atoms with Crippen molar-refractivity contribution in [3.05, 3.63) is 29.3 Å². The zero-order chi connectivity index (χ0) is 18.1. The largest absolute Gasteiger partial charge is 0.503 e. The lowest BCUT2D eigenvalue weighted by Gasteiger charge is -2.17. The Morgan fingerprint density at radius 2 is 2.08 bits per heavy atom. The summed E-state index contributed by atoms with van der Waals surface area (Å²) in [5, 5.41) is 12.7. The van der Waals surface area contributed by atoms with Crippen molar-refractivity contribution in [2.45, 2.75) is 19.4 Å². The Labute approximate surface area is 140 Å². The van der Waals surface area contributed by atoms with Crippen LogP contribution in [0, 0.1) is 17.5 Å². The molecule has 0 bridgehead atoms. The van der Waals surface area contributed by atoms with E-state index >= 15 is 0 Å². The van der Waals surface area contributed by atoms with E-state index in [1.165, 1.54) is 4.90 Å². The summed E-state index contributed by atoms with van der Waals surface area (Å²) >= 11 is 0. The highest BCUT2D eigenvalue weighted by Crippen LogP contribution is 2.31. The lowest BCUT2D eigenvalue weighted by atomic mass is 10.2. The molecule has 1 amide bonds. The van der Waals surface area contributed by atoms with E-state index in [2.05, 4.69) is 10.1 Å². The number of nitrogens with zero attached hydrogens (tertiary/aromatic N) is 3. The highest BCUT2D eigenvalue weighted by Gasteiger charge is 2.27. The topological polar surface area (TPSA) is 88.7 Å². The number of halogens is 3. The Bertz CT molecular complexity index is 812. The standard InChI is InChI=1S/C15H14F3N3O4/c1-7-2-3-21(4-5-24-7)15(23)13-19-14(25-20-13)8-6-9(16)11(18)12(22)10(8)17/h6-7,22H,2-5H2,1H3. The summed E-state index contributed by atoms with van der Waals surface area (Å²) in [4.78, 5) is 17.6. The smallest absolute Gasteiger partial charge is 0.295 e. The number of carbonyl (C=O) groups excluding carboxylic acids is 1. The minimum Gasteiger partial charge on any atom is -0.503 e. The molecule has 2 aromatic rings. The van der Waals surface area contributed by atoms with Crippen LogP contribution in [0.2, 0.25) is 0 Å². The molecule has 7 nitrogen and oxygen atoms in total. The van der Waals surface area contributed by atoms with Crippen LogP contribution in [0.4, 0.5) is 13.2 Å². The van der Waals surface area contributed by atoms with Crippen LogP contribution in [-0.2, 0) is 4.74 Å². The molecule has 25 heavy (non-hydrogen) atoms. The molecule has 1 atom stereocenters. The number of ether oxygens (including phenoxy) is 1. The van der Waals surface area contributed by atoms with Crippen molar-refractivity contribution in [2.75, 3.05) is 19.7 Å². The van der Waals surface area contributed by atoms with E-state index in [1.807, 2.05) is 6.92 Å². The summed E-state index contributed by atoms with van der Waals surface area (Å²) < 4.78 is 50.6. The molecule has 0 radical (unpaired) electrons. The van der Waals surface area contributed by atoms with Crippen LogP contribution >= 0.6 is 0 Å². The van der Waals surface area contributed by atoms with Crippen LogP contribution in [0.3, 0.4) is 0 Å². The van der Waals surface area contributed by atoms with Crippen molar-refractivity contribution in [2.24, 2.45) is 0 Å². The van der Waals surface area contributed by atoms with Gasteiger partial charge in [-0.1, -0.05) is 5.16 Å². The zero-order valence-electron chi connectivity index (χ0n) is 13.1. The molecule has 1 aliphatic rings. The van der Waals surface area contributed by atoms with E-state index in [-0.39, 0.29) is 11.9 Å². The predicted molar refractivity (Wildman–Crippen MR) is 77.2 cm³/mol. The van der Waals surface area contributed by atoms with Gasteiger partial charge in [0.25, 0.3) is 17.6 Å². The van der Waals surface area contributed by atoms with E-state index in [9.17, 15) is 23.1 Å². The number of aromatic nitrogens is 2. The Kier molecular flexibility index (Phi) is 4.62. The molecule has 0 spiro atoms. The SMILES string of the molecule is CC1CCN(C(=O)c2noc(-c3cc(F)c(F)c(O)c3F)n2)CCO1. The van der Waals surface area contributed by atoms with Crippen LogP contribution in [0.15, 0.2) is 10.6 Å². The molecule has 0 saturated carbocycles. The minimum absolute atomic E-state index is 0.0119. The number of phenols is 1. The average molecular weight is 357 g/mol. The first-order valence-electron chi connectivity index (χ1n) is 7.50. The lowest BCUT2D eigenvalue weighted by Crippen LogP contribution is -2.33. The lowest BCUT2D eigenvalue weighted by molar-refractivity contribution is 0.0657. The van der Waals surface area contributed by atoms with Gasteiger partial charge in [0.1, 0.15) is 0 Å². The third kappa shape index (κ3) is 3.29. The van der Waals surface area contributed by atoms with Gasteiger partial charge in [-0.15, -0.1) is 0 Å². The first kappa shape index (κ1) is 17.2. The molecule has 3 rings (SSSR count). The molecular formula is C15H14F3N3O4. The summed E-state index contributed by atoms with van der Waals surface area (Å²) in [5.74, 6) is -7.63. The molecule has 1 N–H and O–H groups in total. The van der Waals surface area contributed by atoms with Crippen molar-refractivity contribution in [1.82, 2.24) is 15.0 Å². The second kappa shape index (κ2) is 6.71. The van der Waals surface area contributed by atoms with E-state index < -0.39 is 40.6 Å². The van der Waals surface area contributed by atoms with Crippen molar-refractivity contribution in [3.63, 3.8) is 0 Å². The molecule has 1 aliphatic heterocycles. The normalized spacial score (nSPS) is 18.2. The molecule has 2 heterocycles. The van der Waals surface area contributed by atoms with Gasteiger partial charge in [0.15, 0.2) is 17.4 Å². The Hall–Kier alpha value is -2.62. The van der Waals surface area contributed by atoms with Crippen LogP contribution in [0.25, 0.3) is 11.5 Å². The highest BCUT2D eigenvalue weighted by atomic mass is 19.2. The fourth-order valence-electron chi connectivity index (χ4n) is 2.41. The van der Waals surface area contributed by atoms with Gasteiger partial charge in [0, 0.05) is 13.1 Å². The van der Waals surface area contributed by atoms with Gasteiger partial charge in [-0.25, -0.2) is 8.78 Å². The first-order valence-corrected chi connectivity index (χ1v) is 7.50. The van der Waals surface area contributed by atoms with Gasteiger partial charge < -0.3 is 19.3 Å². The van der Waals surface area contributed by atoms with Gasteiger partial charge in [-0.3, -0.25) is 4.79 Å². The van der Waals surface area contributed by atoms with E-state index in [0.29, 0.717) is 32.2 Å². The maximum atomic E-state index is 13.9. The van der Waals surface area contributed by atoms with Gasteiger partial charge in [0.2, 0.25) is 5.82 Å². The molecule has 1 aromatic carbocycles. The number of amides is 1. The molecular weight excluding hydrogens is 343 g/mol. The van der Waals surface area contributed by atoms with Gasteiger partial charge in [0.05, 0.1) is 18.3 Å². The monoisotopic (exact) mass is 357 g/mol. The first-order chi connectivity index (χ1) is 11.9. The number of aromatic hydroxyl groups is 1. The second-order valence-electron chi connectivity index (χ2n) is 5.57. The van der Waals surface area contributed by atoms with Crippen LogP contribution in [-0.4, -0.2) is 51.9 Å². The quantitative estimate of drug-likeness (QED) is 0.828. The van der Waals surface area contributed by atoms with Crippen LogP contribution in [0.1, 0.15) is 24.0 Å². The molecule has 1 fully saturated rings. The summed E-state index contributed by atoms with van der Waals surface area (Å²) in [6, 6.07) is 0.466. The number of hydrogen-bond acceptors (Lipinski definition) is 6. The minimum atomic E-state index is -1.73. The number of rotatable bonds is 2. The summed E-state index contributed by atoms with van der Waals surface area (Å²) in [6.45, 7) is 2.99. The second-order valence-corrected chi connectivity index (χ2v) is 5.57. The molecule has 1 unspecified atom stereocenters. The molecule has 1 saturated heterocycles. The van der Waals surface area contributed by atoms with Crippen molar-refractivity contribution in [1.29, 1.82) is 0 Å². The van der Waals surface area contributed by atoms with Gasteiger partial charge in [-0.2, -0.15) is 9.37 Å². The highest BCUT2D eigenvalue weighted by molar-refractivity contribution is 5.90. The fraction of sp³-hybridized carbons (Fsp3) is 0.400. The Morgan fingerprint density at radius 3 is 2.84 bits per heavy atom. The number of benzene rings is 1. The summed E-state index contributed by atoms with van der Waals surface area (Å²) in [6.07, 6.45) is 0.639. The third-order valence-electron chi connectivity index (χ3n) is 3.84. The Morgan fingerprint density at radius 1 is 1.32 bits per heavy atom. The van der Waals surface area contributed by atoms with Gasteiger partial charge in [-0.05, 0) is 19.4 Å². The average Bonchev–Trinajstić information content (AvgIpc) is 2.98. The number of hydrogen-bond donors (Lipinski definition) is 1. The molecule has 1 aromatic heterocycles. The maximum Gasteiger partial charge on any atom is 0.295 e. The van der Waals surface area contributed by atoms with Crippen molar-refractivity contribution >= 4 is 5.91 Å². The van der Waals surface area contributed by atoms with Crippen LogP contribution < -0.4 is 0 Å². The molecule has 0 aliphatic carbocycles. The van der Waals surface area contributed by atoms with Crippen LogP contribution in [0.5, 0.6) is 5.75 Å². The van der Waals surface area contributed by atoms with E-state index in [4.69, 9.17) is 9.26 Å². The number of phenolic OH excluding ortho intramolecular Hbond substituents is 1. The van der Waals surface area contributed by atoms with E-state index in [1.54, 1.807) is 0 Å². The predicted octanol–water partition coefficient (Wildman–Crippen LogP) is 2.11. The maximum absolute atomic E-state index is 13.9. The third-order valence-corrected chi connectivity index (χ3v) is 3.84. The van der Waals surface area contributed by atoms with E-state index in [0.717, 1.165) is 0 Å². The summed E-state index contributed by atoms with van der Waals surface area (Å²) in [5.41, 5.74) is -0.643. The summed E-state index contributed by atoms with van der Waals surface area (Å²) in [7, 11) is 0.